The van der Waals surface area contributed by atoms with E-state index in [0.717, 1.165) is 33.1 Å². The molecule has 1 heterocycles. The van der Waals surface area contributed by atoms with Crippen LogP contribution in [-0.2, 0) is 0 Å². The van der Waals surface area contributed by atoms with Crippen LogP contribution in [0.25, 0.3) is 109 Å². The lowest BCUT2D eigenvalue weighted by molar-refractivity contribution is 0.670. The van der Waals surface area contributed by atoms with Gasteiger partial charge in [-0.05, 0) is 112 Å². The fraction of sp³-hybridized carbons (Fsp3) is 0. The molecule has 0 radical (unpaired) electrons. The summed E-state index contributed by atoms with van der Waals surface area (Å²) in [5, 5.41) is 14.7. The standard InChI is InChI=1S/C50H30O/c1-2-11-32-27-38(24-20-31(32)10-1)48-41-14-5-7-16-43(41)49(44-17-8-6-15-42(44)48)39-25-22-35-26-37(23-21-36(35)28-39)40-18-9-19-45-46-29-33-12-3-4-13-34(33)30-47(46)51-50(40)45/h1-30H. The molecule has 11 rings (SSSR count). The zero-order chi connectivity index (χ0) is 33.5. The Morgan fingerprint density at radius 3 is 1.31 bits per heavy atom. The van der Waals surface area contributed by atoms with Crippen molar-refractivity contribution in [3.63, 3.8) is 0 Å². The Morgan fingerprint density at radius 1 is 0.275 bits per heavy atom. The van der Waals surface area contributed by atoms with Crippen molar-refractivity contribution in [2.75, 3.05) is 0 Å². The van der Waals surface area contributed by atoms with Gasteiger partial charge in [-0.3, -0.25) is 0 Å². The first-order valence-electron chi connectivity index (χ1n) is 17.6. The molecule has 0 amide bonds. The lowest BCUT2D eigenvalue weighted by Gasteiger charge is -2.18. The van der Waals surface area contributed by atoms with Crippen LogP contribution in [0.1, 0.15) is 0 Å². The molecule has 10 aromatic carbocycles. The number of furan rings is 1. The van der Waals surface area contributed by atoms with E-state index in [1.54, 1.807) is 0 Å². The zero-order valence-electron chi connectivity index (χ0n) is 27.7. The molecule has 1 nitrogen and oxygen atoms in total. The third-order valence-corrected chi connectivity index (χ3v) is 10.8. The zero-order valence-corrected chi connectivity index (χ0v) is 27.7. The Balaban J connectivity index is 1.07. The maximum atomic E-state index is 6.58. The molecule has 0 saturated heterocycles. The minimum atomic E-state index is 0.924. The van der Waals surface area contributed by atoms with Gasteiger partial charge in [0, 0.05) is 16.3 Å². The quantitative estimate of drug-likeness (QED) is 0.174. The second kappa shape index (κ2) is 10.9. The molecule has 11 aromatic rings. The molecule has 0 fully saturated rings. The van der Waals surface area contributed by atoms with E-state index >= 15 is 0 Å². The molecular formula is C50H30O. The summed E-state index contributed by atoms with van der Waals surface area (Å²) in [6.45, 7) is 0. The Hall–Kier alpha value is -6.70. The molecule has 0 unspecified atom stereocenters. The van der Waals surface area contributed by atoms with E-state index in [1.807, 2.05) is 0 Å². The van der Waals surface area contributed by atoms with E-state index in [-0.39, 0.29) is 0 Å². The van der Waals surface area contributed by atoms with Gasteiger partial charge in [0.25, 0.3) is 0 Å². The van der Waals surface area contributed by atoms with Crippen LogP contribution >= 0.6 is 0 Å². The summed E-state index contributed by atoms with van der Waals surface area (Å²) in [4.78, 5) is 0. The molecule has 1 aromatic heterocycles. The SMILES string of the molecule is c1ccc2cc(-c3c4ccccc4c(-c4ccc5cc(-c6cccc7c6oc6cc8ccccc8cc67)ccc5c4)c4ccccc34)ccc2c1. The van der Waals surface area contributed by atoms with Crippen LogP contribution in [-0.4, -0.2) is 0 Å². The Bertz CT molecular complexity index is 3140. The number of hydrogen-bond acceptors (Lipinski definition) is 1. The molecular weight excluding hydrogens is 617 g/mol. The number of fused-ring (bicyclic) bond motifs is 8. The van der Waals surface area contributed by atoms with Crippen molar-refractivity contribution in [2.24, 2.45) is 0 Å². The van der Waals surface area contributed by atoms with Gasteiger partial charge < -0.3 is 4.42 Å². The van der Waals surface area contributed by atoms with Crippen LogP contribution in [0.3, 0.4) is 0 Å². The predicted octanol–water partition coefficient (Wildman–Crippen LogP) is 14.4. The highest BCUT2D eigenvalue weighted by atomic mass is 16.3. The van der Waals surface area contributed by atoms with Crippen LogP contribution < -0.4 is 0 Å². The molecule has 0 spiro atoms. The van der Waals surface area contributed by atoms with Gasteiger partial charge in [-0.2, -0.15) is 0 Å². The third kappa shape index (κ3) is 4.35. The van der Waals surface area contributed by atoms with Crippen LogP contribution in [0.2, 0.25) is 0 Å². The summed E-state index contributed by atoms with van der Waals surface area (Å²) in [6.07, 6.45) is 0. The number of hydrogen-bond donors (Lipinski definition) is 0. The van der Waals surface area contributed by atoms with Crippen LogP contribution in [0.5, 0.6) is 0 Å². The van der Waals surface area contributed by atoms with Crippen molar-refractivity contribution in [3.8, 4) is 33.4 Å². The van der Waals surface area contributed by atoms with Crippen molar-refractivity contribution in [2.45, 2.75) is 0 Å². The van der Waals surface area contributed by atoms with Crippen molar-refractivity contribution < 1.29 is 4.42 Å². The normalized spacial score (nSPS) is 11.9. The Kier molecular flexibility index (Phi) is 6.02. The van der Waals surface area contributed by atoms with Crippen molar-refractivity contribution >= 4 is 75.8 Å². The molecule has 51 heavy (non-hydrogen) atoms. The molecule has 0 aliphatic heterocycles. The smallest absolute Gasteiger partial charge is 0.143 e. The molecule has 0 aliphatic rings. The molecule has 0 aliphatic carbocycles. The largest absolute Gasteiger partial charge is 0.455 e. The topological polar surface area (TPSA) is 13.1 Å². The van der Waals surface area contributed by atoms with E-state index in [0.29, 0.717) is 0 Å². The van der Waals surface area contributed by atoms with Gasteiger partial charge in [0.15, 0.2) is 0 Å². The van der Waals surface area contributed by atoms with E-state index in [1.165, 1.54) is 76.1 Å². The monoisotopic (exact) mass is 646 g/mol. The van der Waals surface area contributed by atoms with Crippen molar-refractivity contribution in [3.05, 3.63) is 182 Å². The van der Waals surface area contributed by atoms with Gasteiger partial charge in [0.05, 0.1) is 0 Å². The minimum Gasteiger partial charge on any atom is -0.455 e. The molecule has 0 bridgehead atoms. The average molecular weight is 647 g/mol. The lowest BCUT2D eigenvalue weighted by Crippen LogP contribution is -1.91. The average Bonchev–Trinajstić information content (AvgIpc) is 3.56. The second-order valence-corrected chi connectivity index (χ2v) is 13.7. The van der Waals surface area contributed by atoms with Gasteiger partial charge in [-0.25, -0.2) is 0 Å². The van der Waals surface area contributed by atoms with Gasteiger partial charge in [0.1, 0.15) is 11.2 Å². The first-order valence-corrected chi connectivity index (χ1v) is 17.6. The lowest BCUT2D eigenvalue weighted by atomic mass is 9.85. The maximum absolute atomic E-state index is 6.58. The summed E-state index contributed by atoms with van der Waals surface area (Å²) in [7, 11) is 0. The Labute approximate surface area is 294 Å². The molecule has 236 valence electrons. The highest BCUT2D eigenvalue weighted by molar-refractivity contribution is 6.22. The highest BCUT2D eigenvalue weighted by Gasteiger charge is 2.18. The first-order chi connectivity index (χ1) is 25.3. The summed E-state index contributed by atoms with van der Waals surface area (Å²) in [5.41, 5.74) is 9.15. The van der Waals surface area contributed by atoms with Crippen LogP contribution in [0, 0.1) is 0 Å². The van der Waals surface area contributed by atoms with E-state index < -0.39 is 0 Å². The predicted molar refractivity (Wildman–Crippen MR) is 218 cm³/mol. The second-order valence-electron chi connectivity index (χ2n) is 13.7. The fourth-order valence-electron chi connectivity index (χ4n) is 8.37. The maximum Gasteiger partial charge on any atom is 0.143 e. The molecule has 0 N–H and O–H groups in total. The van der Waals surface area contributed by atoms with Crippen LogP contribution in [0.15, 0.2) is 186 Å². The van der Waals surface area contributed by atoms with Crippen molar-refractivity contribution in [1.29, 1.82) is 0 Å². The van der Waals surface area contributed by atoms with Gasteiger partial charge in [-0.15, -0.1) is 0 Å². The minimum absolute atomic E-state index is 0.924. The highest BCUT2D eigenvalue weighted by Crippen LogP contribution is 2.45. The number of benzene rings is 10. The molecule has 1 heteroatoms. The Morgan fingerprint density at radius 2 is 0.706 bits per heavy atom. The molecule has 0 saturated carbocycles. The summed E-state index contributed by atoms with van der Waals surface area (Å²) in [5.74, 6) is 0. The van der Waals surface area contributed by atoms with E-state index in [2.05, 4.69) is 182 Å². The third-order valence-electron chi connectivity index (χ3n) is 10.8. The van der Waals surface area contributed by atoms with E-state index in [4.69, 9.17) is 4.42 Å². The van der Waals surface area contributed by atoms with Gasteiger partial charge in [-0.1, -0.05) is 152 Å². The first kappa shape index (κ1) is 28.2. The summed E-state index contributed by atoms with van der Waals surface area (Å²) >= 11 is 0. The number of rotatable bonds is 3. The van der Waals surface area contributed by atoms with Gasteiger partial charge in [0.2, 0.25) is 0 Å². The van der Waals surface area contributed by atoms with Crippen molar-refractivity contribution in [1.82, 2.24) is 0 Å². The summed E-state index contributed by atoms with van der Waals surface area (Å²) in [6, 6.07) is 66.4. The van der Waals surface area contributed by atoms with Gasteiger partial charge >= 0.3 is 0 Å². The van der Waals surface area contributed by atoms with E-state index in [9.17, 15) is 0 Å². The van der Waals surface area contributed by atoms with Crippen LogP contribution in [0.4, 0.5) is 0 Å². The fourth-order valence-corrected chi connectivity index (χ4v) is 8.37. The molecule has 0 atom stereocenters. The number of para-hydroxylation sites is 1. The summed E-state index contributed by atoms with van der Waals surface area (Å²) < 4.78 is 6.58.